The van der Waals surface area contributed by atoms with Crippen molar-refractivity contribution in [1.29, 1.82) is 0 Å². The first kappa shape index (κ1) is 16.4. The molecule has 2 aliphatic heterocycles. The smallest absolute Gasteiger partial charge is 0.277 e. The minimum absolute atomic E-state index is 0.0973. The van der Waals surface area contributed by atoms with E-state index in [-0.39, 0.29) is 11.9 Å². The number of β-amino-alcohol motifs (C(OH)–C–C–N with tert-alkyl or cyclic N) is 1. The Morgan fingerprint density at radius 3 is 2.68 bits per heavy atom. The van der Waals surface area contributed by atoms with E-state index in [1.165, 1.54) is 0 Å². The lowest BCUT2D eigenvalue weighted by Crippen LogP contribution is -2.47. The van der Waals surface area contributed by atoms with Crippen LogP contribution in [-0.2, 0) is 10.3 Å². The molecule has 3 N–H and O–H groups in total. The van der Waals surface area contributed by atoms with Crippen LogP contribution in [0.3, 0.4) is 0 Å². The van der Waals surface area contributed by atoms with Crippen LogP contribution in [0.25, 0.3) is 10.4 Å². The van der Waals surface area contributed by atoms with Crippen molar-refractivity contribution >= 4 is 23.1 Å². The molecule has 1 aromatic carbocycles. The molecule has 3 atom stereocenters. The van der Waals surface area contributed by atoms with Gasteiger partial charge in [0.25, 0.3) is 5.91 Å². The highest BCUT2D eigenvalue weighted by Crippen LogP contribution is 2.32. The lowest BCUT2D eigenvalue weighted by Gasteiger charge is -2.25. The summed E-state index contributed by atoms with van der Waals surface area (Å²) in [6.45, 7) is 4.37. The van der Waals surface area contributed by atoms with Gasteiger partial charge in [-0.2, -0.15) is 4.99 Å². The summed E-state index contributed by atoms with van der Waals surface area (Å²) < 4.78 is 0. The predicted molar refractivity (Wildman–Crippen MR) is 97.6 cm³/mol. The predicted octanol–water partition coefficient (Wildman–Crippen LogP) is 1.58. The molecular formula is C18H20N4O2S. The number of nitrogens with zero attached hydrogens (tertiary/aromatic N) is 2. The molecule has 0 spiro atoms. The van der Waals surface area contributed by atoms with Crippen LogP contribution in [0.1, 0.15) is 24.6 Å². The van der Waals surface area contributed by atoms with E-state index in [9.17, 15) is 9.90 Å². The maximum atomic E-state index is 12.6. The number of thiazole rings is 1. The number of aliphatic hydroxyl groups excluding tert-OH is 1. The molecule has 1 amide bonds. The number of carbonyl (C=O) groups excluding carboxylic acids is 1. The fourth-order valence-electron chi connectivity index (χ4n) is 3.38. The van der Waals surface area contributed by atoms with Crippen LogP contribution in [0.15, 0.2) is 34.8 Å². The third-order valence-electron chi connectivity index (χ3n) is 4.94. The lowest BCUT2D eigenvalue weighted by molar-refractivity contribution is -0.122. The Kier molecular flexibility index (Phi) is 3.94. The zero-order valence-electron chi connectivity index (χ0n) is 14.1. The summed E-state index contributed by atoms with van der Waals surface area (Å²) in [5, 5.41) is 16.2. The molecule has 0 radical (unpaired) electrons. The largest absolute Gasteiger partial charge is 0.392 e. The number of amides is 1. The van der Waals surface area contributed by atoms with E-state index >= 15 is 0 Å². The minimum Gasteiger partial charge on any atom is -0.392 e. The number of aryl methyl sites for hydroxylation is 1. The van der Waals surface area contributed by atoms with Gasteiger partial charge in [0, 0.05) is 6.54 Å². The molecule has 25 heavy (non-hydrogen) atoms. The highest BCUT2D eigenvalue weighted by atomic mass is 32.1. The molecule has 0 aliphatic carbocycles. The van der Waals surface area contributed by atoms with E-state index in [1.807, 2.05) is 43.6 Å². The first-order valence-electron chi connectivity index (χ1n) is 8.31. The quantitative estimate of drug-likeness (QED) is 0.777. The van der Waals surface area contributed by atoms with E-state index in [2.05, 4.69) is 20.6 Å². The molecule has 0 saturated carbocycles. The van der Waals surface area contributed by atoms with Crippen LogP contribution >= 0.6 is 11.3 Å². The summed E-state index contributed by atoms with van der Waals surface area (Å²) in [5.41, 5.74) is 3.95. The third-order valence-corrected chi connectivity index (χ3v) is 5.91. The second-order valence-electron chi connectivity index (χ2n) is 6.75. The van der Waals surface area contributed by atoms with Crippen molar-refractivity contribution < 1.29 is 9.90 Å². The molecule has 130 valence electrons. The summed E-state index contributed by atoms with van der Waals surface area (Å²) in [6, 6.07) is 7.88. The van der Waals surface area contributed by atoms with E-state index in [0.29, 0.717) is 18.8 Å². The second kappa shape index (κ2) is 6.01. The Labute approximate surface area is 150 Å². The van der Waals surface area contributed by atoms with Gasteiger partial charge in [-0.1, -0.05) is 24.3 Å². The van der Waals surface area contributed by atoms with Gasteiger partial charge in [-0.25, -0.2) is 4.98 Å². The van der Waals surface area contributed by atoms with Crippen LogP contribution in [0.2, 0.25) is 0 Å². The molecule has 2 aromatic rings. The second-order valence-corrected chi connectivity index (χ2v) is 7.60. The summed E-state index contributed by atoms with van der Waals surface area (Å²) in [4.78, 5) is 22.2. The molecule has 6 nitrogen and oxygen atoms in total. The number of benzene rings is 1. The zero-order valence-corrected chi connectivity index (χ0v) is 14.9. The summed E-state index contributed by atoms with van der Waals surface area (Å²) >= 11 is 1.61. The normalized spacial score (nSPS) is 28.9. The minimum atomic E-state index is -0.869. The standard InChI is InChI=1S/C18H20N4O2S/c1-10-15(25-9-20-10)11-3-5-12(6-4-11)18(2)17(24)21-16(22-18)14-7-13(23)8-19-14/h3-6,9,13-14,19,23H,7-8H2,1-2H3,(H,21,22,24)/t13-,14?,18?/m1/s1. The first-order valence-corrected chi connectivity index (χ1v) is 9.19. The fourth-order valence-corrected chi connectivity index (χ4v) is 4.19. The van der Waals surface area contributed by atoms with Crippen LogP contribution < -0.4 is 10.6 Å². The zero-order chi connectivity index (χ0) is 17.6. The average molecular weight is 356 g/mol. The lowest BCUT2D eigenvalue weighted by atomic mass is 9.91. The summed E-state index contributed by atoms with van der Waals surface area (Å²) in [7, 11) is 0. The Morgan fingerprint density at radius 1 is 1.32 bits per heavy atom. The molecule has 7 heteroatoms. The van der Waals surface area contributed by atoms with Gasteiger partial charge in [-0.05, 0) is 31.4 Å². The van der Waals surface area contributed by atoms with Crippen LogP contribution in [0.4, 0.5) is 0 Å². The van der Waals surface area contributed by atoms with Crippen molar-refractivity contribution in [2.24, 2.45) is 4.99 Å². The number of nitrogens with one attached hydrogen (secondary N) is 2. The molecule has 4 rings (SSSR count). The number of amidine groups is 1. The van der Waals surface area contributed by atoms with Gasteiger partial charge in [-0.3, -0.25) is 4.79 Å². The number of aliphatic imine (C=N–C) groups is 1. The topological polar surface area (TPSA) is 86.6 Å². The molecular weight excluding hydrogens is 336 g/mol. The van der Waals surface area contributed by atoms with E-state index in [0.717, 1.165) is 21.7 Å². The van der Waals surface area contributed by atoms with Crippen molar-refractivity contribution in [1.82, 2.24) is 15.6 Å². The molecule has 0 bridgehead atoms. The fraction of sp³-hybridized carbons (Fsp3) is 0.389. The van der Waals surface area contributed by atoms with Crippen LogP contribution in [-0.4, -0.2) is 40.5 Å². The number of aromatic nitrogens is 1. The van der Waals surface area contributed by atoms with Crippen molar-refractivity contribution in [3.63, 3.8) is 0 Å². The van der Waals surface area contributed by atoms with Crippen LogP contribution in [0, 0.1) is 6.92 Å². The highest BCUT2D eigenvalue weighted by Gasteiger charge is 2.43. The third kappa shape index (κ3) is 2.78. The van der Waals surface area contributed by atoms with Gasteiger partial charge in [0.15, 0.2) is 0 Å². The molecule has 3 heterocycles. The number of aliphatic hydroxyl groups is 1. The van der Waals surface area contributed by atoms with Gasteiger partial charge in [0.05, 0.1) is 28.2 Å². The SMILES string of the molecule is Cc1ncsc1-c1ccc(C2(C)NC(C3C[C@@H](O)CN3)=NC2=O)cc1. The number of hydrogen-bond acceptors (Lipinski definition) is 6. The van der Waals surface area contributed by atoms with Crippen molar-refractivity contribution in [2.45, 2.75) is 38.0 Å². The van der Waals surface area contributed by atoms with Crippen molar-refractivity contribution in [3.05, 3.63) is 41.0 Å². The Morgan fingerprint density at radius 2 is 2.08 bits per heavy atom. The number of rotatable bonds is 3. The summed E-state index contributed by atoms with van der Waals surface area (Å²) in [6.07, 6.45) is 0.178. The van der Waals surface area contributed by atoms with E-state index in [4.69, 9.17) is 0 Å². The maximum absolute atomic E-state index is 12.6. The molecule has 2 unspecified atom stereocenters. The Bertz CT molecular complexity index is 845. The van der Waals surface area contributed by atoms with Gasteiger partial charge >= 0.3 is 0 Å². The van der Waals surface area contributed by atoms with Gasteiger partial charge in [0.2, 0.25) is 0 Å². The van der Waals surface area contributed by atoms with E-state index in [1.54, 1.807) is 11.3 Å². The summed E-state index contributed by atoms with van der Waals surface area (Å²) in [5.74, 6) is 0.416. The van der Waals surface area contributed by atoms with Gasteiger partial charge < -0.3 is 15.7 Å². The number of carbonyl (C=O) groups is 1. The molecule has 1 saturated heterocycles. The first-order chi connectivity index (χ1) is 12.0. The Balaban J connectivity index is 1.57. The van der Waals surface area contributed by atoms with Gasteiger partial charge in [0.1, 0.15) is 11.4 Å². The van der Waals surface area contributed by atoms with Crippen LogP contribution in [0.5, 0.6) is 0 Å². The Hall–Kier alpha value is -2.09. The van der Waals surface area contributed by atoms with Crippen molar-refractivity contribution in [3.8, 4) is 10.4 Å². The number of hydrogen-bond donors (Lipinski definition) is 3. The van der Waals surface area contributed by atoms with Crippen molar-refractivity contribution in [2.75, 3.05) is 6.54 Å². The molecule has 2 aliphatic rings. The van der Waals surface area contributed by atoms with Gasteiger partial charge in [-0.15, -0.1) is 11.3 Å². The highest BCUT2D eigenvalue weighted by molar-refractivity contribution is 7.13. The maximum Gasteiger partial charge on any atom is 0.277 e. The van der Waals surface area contributed by atoms with E-state index < -0.39 is 11.6 Å². The average Bonchev–Trinajstić information content (AvgIpc) is 3.29. The molecule has 1 fully saturated rings. The monoisotopic (exact) mass is 356 g/mol. The molecule has 1 aromatic heterocycles.